The molecule has 2 aromatic carbocycles. The highest BCUT2D eigenvalue weighted by Gasteiger charge is 2.23. The summed E-state index contributed by atoms with van der Waals surface area (Å²) in [5.74, 6) is 0.989. The van der Waals surface area contributed by atoms with E-state index in [1.54, 1.807) is 6.07 Å². The van der Waals surface area contributed by atoms with E-state index in [1.807, 2.05) is 31.2 Å². The Labute approximate surface area is 146 Å². The van der Waals surface area contributed by atoms with Crippen molar-refractivity contribution < 1.29 is 14.4 Å². The summed E-state index contributed by atoms with van der Waals surface area (Å²) in [6.45, 7) is 7.22. The zero-order chi connectivity index (χ0) is 17.6. The molecular weight excluding hydrogens is 314 g/mol. The Bertz CT molecular complexity index is 1010. The van der Waals surface area contributed by atoms with Gasteiger partial charge in [0.05, 0.1) is 18.5 Å². The second-order valence-electron chi connectivity index (χ2n) is 7.45. The Morgan fingerprint density at radius 1 is 1.24 bits per heavy atom. The Morgan fingerprint density at radius 2 is 2.00 bits per heavy atom. The first-order valence-electron chi connectivity index (χ1n) is 9.05. The standard InChI is InChI=1S/C21H23NO3/c1-13-6-5-9-22(11-13)12-15-10-18-16-7-3-4-8-17(16)21(24)25-20(18)14(2)19(15)23/h3-4,7-8,10,13,23H,5-6,9,11-12H2,1-2H3/p+1/t13-/m0/s1. The van der Waals surface area contributed by atoms with Crippen molar-refractivity contribution in [2.75, 3.05) is 13.1 Å². The van der Waals surface area contributed by atoms with E-state index in [2.05, 4.69) is 6.92 Å². The van der Waals surface area contributed by atoms with Crippen molar-refractivity contribution >= 4 is 21.7 Å². The average Bonchev–Trinajstić information content (AvgIpc) is 2.61. The fraction of sp³-hybridized carbons (Fsp3) is 0.381. The number of hydrogen-bond donors (Lipinski definition) is 2. The lowest BCUT2D eigenvalue weighted by molar-refractivity contribution is -0.922. The Kier molecular flexibility index (Phi) is 4.00. The molecule has 4 heteroatoms. The topological polar surface area (TPSA) is 54.9 Å². The van der Waals surface area contributed by atoms with Gasteiger partial charge in [0.2, 0.25) is 0 Å². The number of phenolic OH excluding ortho intramolecular Hbond substituents is 1. The van der Waals surface area contributed by atoms with Crippen LogP contribution in [0.3, 0.4) is 0 Å². The first kappa shape index (κ1) is 16.2. The number of hydrogen-bond acceptors (Lipinski definition) is 3. The molecule has 2 N–H and O–H groups in total. The number of aryl methyl sites for hydroxylation is 1. The molecule has 1 aromatic heterocycles. The number of benzene rings is 2. The molecule has 0 amide bonds. The van der Waals surface area contributed by atoms with Gasteiger partial charge in [0.25, 0.3) is 0 Å². The van der Waals surface area contributed by atoms with Gasteiger partial charge in [-0.15, -0.1) is 0 Å². The zero-order valence-electron chi connectivity index (χ0n) is 14.8. The van der Waals surface area contributed by atoms with Gasteiger partial charge in [0.15, 0.2) is 0 Å². The molecule has 130 valence electrons. The monoisotopic (exact) mass is 338 g/mol. The molecule has 4 rings (SSSR count). The number of rotatable bonds is 2. The average molecular weight is 338 g/mol. The summed E-state index contributed by atoms with van der Waals surface area (Å²) in [6, 6.07) is 9.53. The molecule has 0 saturated carbocycles. The fourth-order valence-corrected chi connectivity index (χ4v) is 4.20. The quantitative estimate of drug-likeness (QED) is 0.558. The van der Waals surface area contributed by atoms with Crippen molar-refractivity contribution in [3.63, 3.8) is 0 Å². The van der Waals surface area contributed by atoms with Crippen LogP contribution in [0, 0.1) is 12.8 Å². The zero-order valence-corrected chi connectivity index (χ0v) is 14.8. The third-order valence-corrected chi connectivity index (χ3v) is 5.50. The van der Waals surface area contributed by atoms with Crippen molar-refractivity contribution in [2.45, 2.75) is 33.2 Å². The van der Waals surface area contributed by atoms with Crippen LogP contribution in [-0.2, 0) is 6.54 Å². The van der Waals surface area contributed by atoms with E-state index in [1.165, 1.54) is 17.7 Å². The summed E-state index contributed by atoms with van der Waals surface area (Å²) in [7, 11) is 0. The van der Waals surface area contributed by atoms with Gasteiger partial charge in [-0.1, -0.05) is 25.1 Å². The van der Waals surface area contributed by atoms with E-state index in [9.17, 15) is 9.90 Å². The van der Waals surface area contributed by atoms with Gasteiger partial charge in [-0.3, -0.25) is 0 Å². The van der Waals surface area contributed by atoms with Crippen LogP contribution in [0.5, 0.6) is 5.75 Å². The maximum absolute atomic E-state index is 12.2. The highest BCUT2D eigenvalue weighted by molar-refractivity contribution is 6.05. The highest BCUT2D eigenvalue weighted by atomic mass is 16.4. The molecule has 0 spiro atoms. The number of aromatic hydroxyl groups is 1. The summed E-state index contributed by atoms with van der Waals surface area (Å²) < 4.78 is 5.53. The molecular formula is C21H24NO3+. The molecule has 1 fully saturated rings. The minimum atomic E-state index is -0.353. The van der Waals surface area contributed by atoms with Crippen LogP contribution in [0.15, 0.2) is 39.5 Å². The molecule has 1 aliphatic rings. The molecule has 2 atom stereocenters. The molecule has 3 aromatic rings. The van der Waals surface area contributed by atoms with E-state index in [0.717, 1.165) is 41.9 Å². The van der Waals surface area contributed by atoms with Crippen molar-refractivity contribution in [3.8, 4) is 5.75 Å². The van der Waals surface area contributed by atoms with Gasteiger partial charge in [0, 0.05) is 22.4 Å². The van der Waals surface area contributed by atoms with Gasteiger partial charge < -0.3 is 14.4 Å². The third-order valence-electron chi connectivity index (χ3n) is 5.50. The predicted octanol–water partition coefficient (Wildman–Crippen LogP) is 2.78. The second-order valence-corrected chi connectivity index (χ2v) is 7.45. The summed E-state index contributed by atoms with van der Waals surface area (Å²) in [6.07, 6.45) is 2.53. The summed E-state index contributed by atoms with van der Waals surface area (Å²) in [5, 5.41) is 13.1. The minimum Gasteiger partial charge on any atom is -0.507 e. The molecule has 1 saturated heterocycles. The van der Waals surface area contributed by atoms with E-state index in [4.69, 9.17) is 4.42 Å². The Hall–Kier alpha value is -2.33. The minimum absolute atomic E-state index is 0.261. The molecule has 2 heterocycles. The number of quaternary nitrogens is 1. The number of piperidine rings is 1. The van der Waals surface area contributed by atoms with Crippen LogP contribution < -0.4 is 10.5 Å². The van der Waals surface area contributed by atoms with Crippen LogP contribution in [0.1, 0.15) is 30.9 Å². The van der Waals surface area contributed by atoms with E-state index >= 15 is 0 Å². The molecule has 0 aliphatic carbocycles. The number of phenols is 1. The lowest BCUT2D eigenvalue weighted by Gasteiger charge is -2.28. The number of fused-ring (bicyclic) bond motifs is 3. The second kappa shape index (κ2) is 6.19. The van der Waals surface area contributed by atoms with Crippen molar-refractivity contribution in [2.24, 2.45) is 5.92 Å². The van der Waals surface area contributed by atoms with Crippen molar-refractivity contribution in [1.82, 2.24) is 0 Å². The molecule has 4 nitrogen and oxygen atoms in total. The van der Waals surface area contributed by atoms with E-state index in [0.29, 0.717) is 16.5 Å². The highest BCUT2D eigenvalue weighted by Crippen LogP contribution is 2.33. The van der Waals surface area contributed by atoms with E-state index < -0.39 is 0 Å². The lowest BCUT2D eigenvalue weighted by Crippen LogP contribution is -3.12. The maximum atomic E-state index is 12.2. The predicted molar refractivity (Wildman–Crippen MR) is 99.2 cm³/mol. The van der Waals surface area contributed by atoms with Crippen LogP contribution in [0.4, 0.5) is 0 Å². The number of nitrogens with one attached hydrogen (secondary N) is 1. The fourth-order valence-electron chi connectivity index (χ4n) is 4.20. The molecule has 1 aliphatic heterocycles. The maximum Gasteiger partial charge on any atom is 0.344 e. The summed E-state index contributed by atoms with van der Waals surface area (Å²) in [4.78, 5) is 13.8. The van der Waals surface area contributed by atoms with Crippen molar-refractivity contribution in [3.05, 3.63) is 51.9 Å². The SMILES string of the molecule is Cc1c(O)c(C[NH+]2CCC[C@H](C)C2)cc2c1oc(=O)c1ccccc12. The van der Waals surface area contributed by atoms with Gasteiger partial charge in [-0.25, -0.2) is 4.79 Å². The van der Waals surface area contributed by atoms with Gasteiger partial charge >= 0.3 is 5.63 Å². The first-order valence-corrected chi connectivity index (χ1v) is 9.05. The Morgan fingerprint density at radius 3 is 2.76 bits per heavy atom. The first-order chi connectivity index (χ1) is 12.0. The molecule has 25 heavy (non-hydrogen) atoms. The molecule has 0 bridgehead atoms. The van der Waals surface area contributed by atoms with Crippen LogP contribution in [0.25, 0.3) is 21.7 Å². The molecule has 0 radical (unpaired) electrons. The Balaban J connectivity index is 1.88. The summed E-state index contributed by atoms with van der Waals surface area (Å²) in [5.41, 5.74) is 1.73. The molecule has 1 unspecified atom stereocenters. The van der Waals surface area contributed by atoms with Crippen molar-refractivity contribution in [1.29, 1.82) is 0 Å². The van der Waals surface area contributed by atoms with Crippen LogP contribution >= 0.6 is 0 Å². The lowest BCUT2D eigenvalue weighted by atomic mass is 9.97. The smallest absolute Gasteiger partial charge is 0.344 e. The van der Waals surface area contributed by atoms with Crippen LogP contribution in [-0.4, -0.2) is 18.2 Å². The van der Waals surface area contributed by atoms with Gasteiger partial charge in [0.1, 0.15) is 17.9 Å². The normalized spacial score (nSPS) is 21.0. The third kappa shape index (κ3) is 2.81. The van der Waals surface area contributed by atoms with Gasteiger partial charge in [-0.05, 0) is 37.3 Å². The van der Waals surface area contributed by atoms with E-state index in [-0.39, 0.29) is 11.4 Å². The van der Waals surface area contributed by atoms with Gasteiger partial charge in [-0.2, -0.15) is 0 Å². The van der Waals surface area contributed by atoms with Crippen LogP contribution in [0.2, 0.25) is 0 Å². The number of likely N-dealkylation sites (tertiary alicyclic amines) is 1. The largest absolute Gasteiger partial charge is 0.507 e. The summed E-state index contributed by atoms with van der Waals surface area (Å²) >= 11 is 0.